The molecule has 1 fully saturated rings. The van der Waals surface area contributed by atoms with Crippen LogP contribution in [0.2, 0.25) is 0 Å². The Bertz CT molecular complexity index is 777. The minimum atomic E-state index is -1.31. The van der Waals surface area contributed by atoms with Gasteiger partial charge in [0.25, 0.3) is 0 Å². The summed E-state index contributed by atoms with van der Waals surface area (Å²) in [6.07, 6.45) is 6.15. The molecule has 4 heteroatoms. The van der Waals surface area contributed by atoms with Crippen LogP contribution in [-0.2, 0) is 9.53 Å². The molecule has 0 aliphatic heterocycles. The third kappa shape index (κ3) is 3.91. The smallest absolute Gasteiger partial charge is 0.461 e. The normalized spacial score (nSPS) is 23.4. The monoisotopic (exact) mass is 348 g/mol. The number of allylic oxidation sites excluding steroid dienone is 1. The standard InChI is InChI=1S/C22H24N2O2/c1-6-8-9-12-22(23-4,24-5)20-14-17-10-11-19(13-17)21(20)18(7-2)15-26-16(3)25/h14,17,19,21H,2,6,10-13,15H2,1,3H3/t17-,19?,21-/m0/s1. The highest BCUT2D eigenvalue weighted by Crippen LogP contribution is 2.52. The highest BCUT2D eigenvalue weighted by Gasteiger charge is 2.56. The summed E-state index contributed by atoms with van der Waals surface area (Å²) in [6, 6.07) is 0. The van der Waals surface area contributed by atoms with E-state index in [-0.39, 0.29) is 24.9 Å². The van der Waals surface area contributed by atoms with Crippen molar-refractivity contribution in [3.8, 4) is 11.8 Å². The lowest BCUT2D eigenvalue weighted by atomic mass is 9.70. The van der Waals surface area contributed by atoms with Crippen molar-refractivity contribution in [1.29, 1.82) is 0 Å². The minimum Gasteiger partial charge on any atom is -0.461 e. The van der Waals surface area contributed by atoms with Crippen LogP contribution in [0.1, 0.15) is 46.0 Å². The molecule has 0 aromatic heterocycles. The van der Waals surface area contributed by atoms with E-state index in [0.29, 0.717) is 18.3 Å². The first-order valence-corrected chi connectivity index (χ1v) is 8.98. The number of nitrogens with zero attached hydrogens (tertiary/aromatic N) is 2. The first kappa shape index (κ1) is 19.6. The molecule has 0 spiro atoms. The van der Waals surface area contributed by atoms with Gasteiger partial charge in [0.15, 0.2) is 6.42 Å². The summed E-state index contributed by atoms with van der Waals surface area (Å²) < 4.78 is 5.19. The molecule has 0 saturated heterocycles. The summed E-state index contributed by atoms with van der Waals surface area (Å²) in [6.45, 7) is 22.7. The number of hydrogen-bond acceptors (Lipinski definition) is 2. The van der Waals surface area contributed by atoms with Crippen molar-refractivity contribution in [2.45, 2.75) is 51.6 Å². The topological polar surface area (TPSA) is 35.0 Å². The molecule has 26 heavy (non-hydrogen) atoms. The maximum Gasteiger partial charge on any atom is 0.517 e. The van der Waals surface area contributed by atoms with E-state index in [4.69, 9.17) is 17.9 Å². The van der Waals surface area contributed by atoms with Gasteiger partial charge in [-0.1, -0.05) is 25.5 Å². The maximum atomic E-state index is 11.3. The summed E-state index contributed by atoms with van der Waals surface area (Å²) in [5.41, 5.74) is 3.19. The molecule has 134 valence electrons. The lowest BCUT2D eigenvalue weighted by Gasteiger charge is -2.31. The predicted octanol–water partition coefficient (Wildman–Crippen LogP) is 4.57. The van der Waals surface area contributed by atoms with Crippen molar-refractivity contribution in [2.24, 2.45) is 17.8 Å². The Morgan fingerprint density at radius 3 is 2.69 bits per heavy atom. The molecule has 2 rings (SSSR count). The fourth-order valence-electron chi connectivity index (χ4n) is 4.05. The van der Waals surface area contributed by atoms with Gasteiger partial charge < -0.3 is 4.74 Å². The zero-order valence-corrected chi connectivity index (χ0v) is 15.5. The number of carbonyl (C=O) groups is 1. The molecule has 4 nitrogen and oxygen atoms in total. The van der Waals surface area contributed by atoms with Gasteiger partial charge in [-0.25, -0.2) is 22.8 Å². The van der Waals surface area contributed by atoms with Gasteiger partial charge in [-0.2, -0.15) is 0 Å². The number of hydrogen-bond donors (Lipinski definition) is 0. The van der Waals surface area contributed by atoms with Gasteiger partial charge in [-0.3, -0.25) is 4.79 Å². The van der Waals surface area contributed by atoms with Gasteiger partial charge >= 0.3 is 11.6 Å². The van der Waals surface area contributed by atoms with Crippen LogP contribution in [0.3, 0.4) is 0 Å². The molecular weight excluding hydrogens is 324 g/mol. The number of ether oxygens (including phenoxy) is 1. The molecule has 0 N–H and O–H groups in total. The van der Waals surface area contributed by atoms with Crippen molar-refractivity contribution in [3.63, 3.8) is 0 Å². The molecule has 0 heterocycles. The van der Waals surface area contributed by atoms with Crippen LogP contribution >= 0.6 is 0 Å². The Labute approximate surface area is 156 Å². The molecule has 0 radical (unpaired) electrons. The Hall–Kier alpha value is -2.73. The quantitative estimate of drug-likeness (QED) is 0.240. The van der Waals surface area contributed by atoms with Gasteiger partial charge in [0.2, 0.25) is 0 Å². The SMILES string of the molecule is [C-]#[N+]C(CC#CCC)([N+]#[C-])C1=C[C@H]2CCC(C2)[C@@H]1C(=C=C)COC(C)=O. The number of carbonyl (C=O) groups excluding carboxylic acids is 1. The van der Waals surface area contributed by atoms with E-state index < -0.39 is 5.66 Å². The molecule has 0 amide bonds. The van der Waals surface area contributed by atoms with Crippen LogP contribution in [0.5, 0.6) is 0 Å². The minimum absolute atomic E-state index is 0.106. The second kappa shape index (κ2) is 8.58. The largest absolute Gasteiger partial charge is 0.517 e. The molecule has 2 aliphatic rings. The summed E-state index contributed by atoms with van der Waals surface area (Å²) in [5.74, 6) is 6.24. The molecule has 3 atom stereocenters. The Morgan fingerprint density at radius 2 is 2.12 bits per heavy atom. The first-order chi connectivity index (χ1) is 12.5. The lowest BCUT2D eigenvalue weighted by molar-refractivity contribution is -0.140. The van der Waals surface area contributed by atoms with E-state index in [1.165, 1.54) is 6.92 Å². The predicted molar refractivity (Wildman–Crippen MR) is 100 cm³/mol. The summed E-state index contributed by atoms with van der Waals surface area (Å²) in [5, 5.41) is 0. The van der Waals surface area contributed by atoms with E-state index in [9.17, 15) is 4.79 Å². The fourth-order valence-corrected chi connectivity index (χ4v) is 4.05. The maximum absolute atomic E-state index is 11.3. The average Bonchev–Trinajstić information content (AvgIpc) is 3.02. The number of esters is 1. The Balaban J connectivity index is 2.48. The van der Waals surface area contributed by atoms with Crippen LogP contribution in [0.25, 0.3) is 9.69 Å². The molecule has 2 bridgehead atoms. The number of fused-ring (bicyclic) bond motifs is 2. The van der Waals surface area contributed by atoms with Crippen LogP contribution in [0.4, 0.5) is 0 Å². The Kier molecular flexibility index (Phi) is 6.46. The van der Waals surface area contributed by atoms with Crippen molar-refractivity contribution >= 4 is 5.97 Å². The summed E-state index contributed by atoms with van der Waals surface area (Å²) in [4.78, 5) is 18.8. The van der Waals surface area contributed by atoms with E-state index in [1.807, 2.05) is 6.92 Å². The summed E-state index contributed by atoms with van der Waals surface area (Å²) in [7, 11) is 0. The zero-order chi connectivity index (χ0) is 19.2. The van der Waals surface area contributed by atoms with Gasteiger partial charge in [-0.05, 0) is 31.1 Å². The highest BCUT2D eigenvalue weighted by molar-refractivity contribution is 5.66. The van der Waals surface area contributed by atoms with Gasteiger partial charge in [0, 0.05) is 24.8 Å². The van der Waals surface area contributed by atoms with Crippen molar-refractivity contribution in [1.82, 2.24) is 0 Å². The van der Waals surface area contributed by atoms with Crippen LogP contribution in [-0.4, -0.2) is 18.2 Å². The van der Waals surface area contributed by atoms with E-state index >= 15 is 0 Å². The zero-order valence-electron chi connectivity index (χ0n) is 15.5. The molecule has 2 aliphatic carbocycles. The second-order valence-electron chi connectivity index (χ2n) is 6.84. The lowest BCUT2D eigenvalue weighted by Crippen LogP contribution is -2.35. The van der Waals surface area contributed by atoms with Crippen molar-refractivity contribution < 1.29 is 9.53 Å². The fraction of sp³-hybridized carbons (Fsp3) is 0.545. The Morgan fingerprint density at radius 1 is 1.38 bits per heavy atom. The van der Waals surface area contributed by atoms with Crippen LogP contribution in [0, 0.1) is 42.7 Å². The molecule has 0 aromatic rings. The average molecular weight is 348 g/mol. The molecule has 0 aromatic carbocycles. The van der Waals surface area contributed by atoms with Gasteiger partial charge in [0.1, 0.15) is 12.2 Å². The third-order valence-corrected chi connectivity index (χ3v) is 5.24. The van der Waals surface area contributed by atoms with Crippen molar-refractivity contribution in [2.75, 3.05) is 6.61 Å². The van der Waals surface area contributed by atoms with E-state index in [2.05, 4.69) is 39.9 Å². The van der Waals surface area contributed by atoms with Gasteiger partial charge in [0.05, 0.1) is 0 Å². The van der Waals surface area contributed by atoms with E-state index in [1.54, 1.807) is 0 Å². The first-order valence-electron chi connectivity index (χ1n) is 8.98. The summed E-state index contributed by atoms with van der Waals surface area (Å²) >= 11 is 0. The molecule has 1 unspecified atom stereocenters. The molecule has 1 saturated carbocycles. The second-order valence-corrected chi connectivity index (χ2v) is 6.84. The van der Waals surface area contributed by atoms with Crippen LogP contribution < -0.4 is 0 Å². The van der Waals surface area contributed by atoms with E-state index in [0.717, 1.165) is 30.4 Å². The van der Waals surface area contributed by atoms with Crippen LogP contribution in [0.15, 0.2) is 29.5 Å². The third-order valence-electron chi connectivity index (χ3n) is 5.24. The molecular formula is C22H24N2O2. The number of rotatable bonds is 5. The highest BCUT2D eigenvalue weighted by atomic mass is 16.5. The van der Waals surface area contributed by atoms with Crippen molar-refractivity contribution in [3.05, 3.63) is 52.4 Å². The van der Waals surface area contributed by atoms with Gasteiger partial charge in [-0.15, -0.1) is 11.7 Å².